The molecule has 7 nitrogen and oxygen atoms in total. The highest BCUT2D eigenvalue weighted by Gasteiger charge is 2.33. The molecule has 242 valence electrons. The molecular formula is C35H37F3N4O3S. The van der Waals surface area contributed by atoms with E-state index in [4.69, 9.17) is 0 Å². The third-order valence-corrected chi connectivity index (χ3v) is 8.88. The smallest absolute Gasteiger partial charge is 0.406 e. The van der Waals surface area contributed by atoms with Crippen LogP contribution >= 0.6 is 11.3 Å². The predicted molar refractivity (Wildman–Crippen MR) is 172 cm³/mol. The lowest BCUT2D eigenvalue weighted by molar-refractivity contribution is -0.274. The minimum absolute atomic E-state index is 0.0635. The summed E-state index contributed by atoms with van der Waals surface area (Å²) in [4.78, 5) is 33.8. The number of carbonyl (C=O) groups excluding carboxylic acids is 2. The highest BCUT2D eigenvalue weighted by molar-refractivity contribution is 7.09. The number of ether oxygens (including phenoxy) is 1. The van der Waals surface area contributed by atoms with Gasteiger partial charge in [-0.25, -0.2) is 4.98 Å². The summed E-state index contributed by atoms with van der Waals surface area (Å²) in [5.41, 5.74) is 4.35. The molecule has 0 saturated carbocycles. The van der Waals surface area contributed by atoms with E-state index in [1.165, 1.54) is 18.2 Å². The van der Waals surface area contributed by atoms with Crippen LogP contribution in [0.25, 0.3) is 0 Å². The van der Waals surface area contributed by atoms with E-state index >= 15 is 0 Å². The number of thiazole rings is 1. The van der Waals surface area contributed by atoms with Gasteiger partial charge in [0, 0.05) is 41.3 Å². The lowest BCUT2D eigenvalue weighted by atomic mass is 10.0. The Labute approximate surface area is 270 Å². The van der Waals surface area contributed by atoms with E-state index in [0.29, 0.717) is 49.2 Å². The van der Waals surface area contributed by atoms with Crippen LogP contribution in [0.5, 0.6) is 5.75 Å². The van der Waals surface area contributed by atoms with Crippen molar-refractivity contribution < 1.29 is 27.5 Å². The van der Waals surface area contributed by atoms with Gasteiger partial charge in [0.1, 0.15) is 10.8 Å². The fourth-order valence-corrected chi connectivity index (χ4v) is 6.69. The Morgan fingerprint density at radius 3 is 2.52 bits per heavy atom. The van der Waals surface area contributed by atoms with Crippen molar-refractivity contribution in [2.75, 3.05) is 13.1 Å². The van der Waals surface area contributed by atoms with E-state index in [2.05, 4.69) is 20.4 Å². The van der Waals surface area contributed by atoms with Crippen molar-refractivity contribution in [2.45, 2.75) is 64.5 Å². The van der Waals surface area contributed by atoms with Crippen LogP contribution in [0.1, 0.15) is 73.4 Å². The van der Waals surface area contributed by atoms with Crippen molar-refractivity contribution in [3.8, 4) is 5.75 Å². The number of alkyl halides is 3. The molecule has 0 spiro atoms. The van der Waals surface area contributed by atoms with E-state index in [1.54, 1.807) is 29.5 Å². The zero-order valence-corrected chi connectivity index (χ0v) is 26.6. The molecule has 1 aliphatic heterocycles. The Hall–Kier alpha value is -4.22. The van der Waals surface area contributed by atoms with Crippen LogP contribution in [-0.2, 0) is 13.0 Å². The fraction of sp³-hybridized carbons (Fsp3) is 0.343. The van der Waals surface area contributed by atoms with Gasteiger partial charge in [0.05, 0.1) is 6.04 Å². The van der Waals surface area contributed by atoms with Crippen molar-refractivity contribution in [1.29, 1.82) is 0 Å². The largest absolute Gasteiger partial charge is 0.573 e. The van der Waals surface area contributed by atoms with Crippen molar-refractivity contribution in [3.63, 3.8) is 0 Å². The summed E-state index contributed by atoms with van der Waals surface area (Å²) < 4.78 is 41.9. The number of carbonyl (C=O) groups is 2. The van der Waals surface area contributed by atoms with Gasteiger partial charge in [0.2, 0.25) is 0 Å². The molecule has 2 atom stereocenters. The molecule has 1 saturated heterocycles. The van der Waals surface area contributed by atoms with Gasteiger partial charge in [-0.05, 0) is 93.1 Å². The maximum absolute atomic E-state index is 13.7. The van der Waals surface area contributed by atoms with E-state index < -0.39 is 6.36 Å². The summed E-state index contributed by atoms with van der Waals surface area (Å²) in [5, 5.41) is 9.36. The van der Waals surface area contributed by atoms with Gasteiger partial charge in [0.15, 0.2) is 0 Å². The lowest BCUT2D eigenvalue weighted by Gasteiger charge is -2.24. The number of aryl methyl sites for hydroxylation is 2. The summed E-state index contributed by atoms with van der Waals surface area (Å²) in [6.45, 7) is 5.31. The second kappa shape index (κ2) is 14.9. The van der Waals surface area contributed by atoms with Gasteiger partial charge in [-0.1, -0.05) is 42.5 Å². The molecular weight excluding hydrogens is 613 g/mol. The van der Waals surface area contributed by atoms with Crippen molar-refractivity contribution in [2.24, 2.45) is 0 Å². The van der Waals surface area contributed by atoms with Crippen LogP contribution in [0.2, 0.25) is 0 Å². The average Bonchev–Trinajstić information content (AvgIpc) is 3.67. The lowest BCUT2D eigenvalue weighted by Crippen LogP contribution is -2.38. The maximum Gasteiger partial charge on any atom is 0.573 e. The van der Waals surface area contributed by atoms with Crippen molar-refractivity contribution in [3.05, 3.63) is 117 Å². The zero-order chi connectivity index (χ0) is 32.7. The third-order valence-electron chi connectivity index (χ3n) is 7.81. The minimum atomic E-state index is -4.75. The summed E-state index contributed by atoms with van der Waals surface area (Å²) in [7, 11) is 0. The molecule has 4 aromatic rings. The molecule has 1 fully saturated rings. The maximum atomic E-state index is 13.7. The molecule has 46 heavy (non-hydrogen) atoms. The molecule has 0 radical (unpaired) electrons. The van der Waals surface area contributed by atoms with Gasteiger partial charge in [-0.2, -0.15) is 0 Å². The second-order valence-electron chi connectivity index (χ2n) is 11.6. The van der Waals surface area contributed by atoms with Crippen LogP contribution in [0, 0.1) is 13.8 Å². The highest BCUT2D eigenvalue weighted by atomic mass is 32.1. The Morgan fingerprint density at radius 1 is 1.02 bits per heavy atom. The van der Waals surface area contributed by atoms with Crippen LogP contribution in [0.15, 0.2) is 78.2 Å². The number of hydrogen-bond donors (Lipinski definition) is 2. The number of aromatic nitrogens is 1. The molecule has 2 N–H and O–H groups in total. The van der Waals surface area contributed by atoms with Crippen LogP contribution in [0.4, 0.5) is 13.2 Å². The topological polar surface area (TPSA) is 83.6 Å². The summed E-state index contributed by atoms with van der Waals surface area (Å²) in [6.07, 6.45) is -1.84. The number of likely N-dealkylation sites (tertiary alicyclic amines) is 1. The van der Waals surface area contributed by atoms with Gasteiger partial charge in [0.25, 0.3) is 11.8 Å². The Bertz CT molecular complexity index is 1640. The number of benzene rings is 3. The Kier molecular flexibility index (Phi) is 10.7. The van der Waals surface area contributed by atoms with Crippen molar-refractivity contribution in [1.82, 2.24) is 20.5 Å². The van der Waals surface area contributed by atoms with E-state index in [1.807, 2.05) is 60.5 Å². The van der Waals surface area contributed by atoms with Crippen LogP contribution in [-0.4, -0.2) is 47.2 Å². The molecule has 1 aromatic heterocycles. The summed E-state index contributed by atoms with van der Waals surface area (Å²) in [5.74, 6) is -0.650. The highest BCUT2D eigenvalue weighted by Crippen LogP contribution is 2.35. The third kappa shape index (κ3) is 9.17. The Balaban J connectivity index is 1.25. The molecule has 2 amide bonds. The monoisotopic (exact) mass is 650 g/mol. The summed E-state index contributed by atoms with van der Waals surface area (Å²) >= 11 is 1.57. The first-order valence-corrected chi connectivity index (χ1v) is 16.2. The normalized spacial score (nSPS) is 15.5. The van der Waals surface area contributed by atoms with Gasteiger partial charge >= 0.3 is 6.36 Å². The molecule has 0 bridgehead atoms. The van der Waals surface area contributed by atoms with Gasteiger partial charge in [-0.3, -0.25) is 9.59 Å². The molecule has 2 heterocycles. The van der Waals surface area contributed by atoms with Crippen LogP contribution < -0.4 is 15.4 Å². The number of halogens is 3. The first-order valence-electron chi connectivity index (χ1n) is 15.3. The number of nitrogens with zero attached hydrogens (tertiary/aromatic N) is 2. The minimum Gasteiger partial charge on any atom is -0.406 e. The number of hydrogen-bond acceptors (Lipinski definition) is 6. The fourth-order valence-electron chi connectivity index (χ4n) is 5.75. The Morgan fingerprint density at radius 2 is 1.78 bits per heavy atom. The standard InChI is InChI=1S/C35H37F3N4O3S/c1-23-16-27(20-28(17-23)34(44)42-15-7-12-31(42)33-40-24(2)22-46-33)32(43)41-29(18-25-8-4-3-5-9-25)13-14-39-21-26-10-6-11-30(19-26)45-35(36,37)38/h3-6,8-11,16-17,19-20,22,29,31,39H,7,12-15,18,21H2,1-2H3,(H,41,43)/t29?,31-/m1/s1. The predicted octanol–water partition coefficient (Wildman–Crippen LogP) is 7.16. The zero-order valence-electron chi connectivity index (χ0n) is 25.8. The van der Waals surface area contributed by atoms with Gasteiger partial charge in [-0.15, -0.1) is 24.5 Å². The van der Waals surface area contributed by atoms with E-state index in [-0.39, 0.29) is 29.6 Å². The first-order chi connectivity index (χ1) is 22.0. The first kappa shape index (κ1) is 33.2. The van der Waals surface area contributed by atoms with Crippen LogP contribution in [0.3, 0.4) is 0 Å². The average molecular weight is 651 g/mol. The number of nitrogens with one attached hydrogen (secondary N) is 2. The summed E-state index contributed by atoms with van der Waals surface area (Å²) in [6, 6.07) is 20.6. The molecule has 5 rings (SSSR count). The SMILES string of the molecule is Cc1cc(C(=O)NC(CCNCc2cccc(OC(F)(F)F)c2)Cc2ccccc2)cc(C(=O)N2CCC[C@@H]2c2nc(C)cs2)c1. The molecule has 1 unspecified atom stereocenters. The number of amides is 2. The quantitative estimate of drug-likeness (QED) is 0.159. The number of rotatable bonds is 12. The van der Waals surface area contributed by atoms with Gasteiger partial charge < -0.3 is 20.3 Å². The van der Waals surface area contributed by atoms with E-state index in [0.717, 1.165) is 34.7 Å². The molecule has 1 aliphatic rings. The van der Waals surface area contributed by atoms with E-state index in [9.17, 15) is 22.8 Å². The molecule has 3 aromatic carbocycles. The van der Waals surface area contributed by atoms with Crippen molar-refractivity contribution >= 4 is 23.2 Å². The molecule has 11 heteroatoms. The molecule has 0 aliphatic carbocycles. The second-order valence-corrected chi connectivity index (χ2v) is 12.5.